The van der Waals surface area contributed by atoms with E-state index in [2.05, 4.69) is 5.32 Å². The maximum atomic E-state index is 12.2. The van der Waals surface area contributed by atoms with Crippen molar-refractivity contribution in [2.24, 2.45) is 0 Å². The number of aliphatic hydroxyl groups excluding tert-OH is 4. The van der Waals surface area contributed by atoms with Crippen LogP contribution in [0.5, 0.6) is 5.75 Å². The molecule has 23 heavy (non-hydrogen) atoms. The Morgan fingerprint density at radius 2 is 2.04 bits per heavy atom. The van der Waals surface area contributed by atoms with E-state index >= 15 is 0 Å². The minimum atomic E-state index is -1.58. The Kier molecular flexibility index (Phi) is 5.39. The summed E-state index contributed by atoms with van der Waals surface area (Å²) in [5, 5.41) is 41.0. The third-order valence-corrected chi connectivity index (χ3v) is 3.69. The Bertz CT molecular complexity index is 568. The van der Waals surface area contributed by atoms with Gasteiger partial charge in [-0.1, -0.05) is 0 Å². The van der Waals surface area contributed by atoms with Gasteiger partial charge in [-0.3, -0.25) is 4.79 Å². The number of carbonyl (C=O) groups excluding carboxylic acids is 1. The Morgan fingerprint density at radius 1 is 1.35 bits per heavy atom. The van der Waals surface area contributed by atoms with Gasteiger partial charge in [0, 0.05) is 5.56 Å². The summed E-state index contributed by atoms with van der Waals surface area (Å²) in [4.78, 5) is 12.2. The van der Waals surface area contributed by atoms with Crippen LogP contribution in [0.2, 0.25) is 0 Å². The molecule has 0 aliphatic carbocycles. The fourth-order valence-electron chi connectivity index (χ4n) is 2.34. The molecule has 1 fully saturated rings. The van der Waals surface area contributed by atoms with E-state index in [-0.39, 0.29) is 5.56 Å². The third-order valence-electron chi connectivity index (χ3n) is 3.69. The van der Waals surface area contributed by atoms with Gasteiger partial charge >= 0.3 is 0 Å². The van der Waals surface area contributed by atoms with Crippen molar-refractivity contribution in [1.29, 1.82) is 0 Å². The third kappa shape index (κ3) is 3.54. The standard InChI is InChI=1S/C14H20N2O7/c1-22-8-4-6(2-3-7(8)15)13(20)16-10-12(19)11(18)9(5-17)23-14(10)21/h2-4,9-12,14,17-19,21H,5,15H2,1H3,(H,16,20)/t9-,10-,11-,12-,14+/m1/s1. The number of nitrogens with one attached hydrogen (secondary N) is 1. The van der Waals surface area contributed by atoms with Crippen LogP contribution in [0, 0.1) is 0 Å². The van der Waals surface area contributed by atoms with Crippen molar-refractivity contribution >= 4 is 11.6 Å². The highest BCUT2D eigenvalue weighted by Crippen LogP contribution is 2.23. The van der Waals surface area contributed by atoms with Crippen LogP contribution < -0.4 is 15.8 Å². The lowest BCUT2D eigenvalue weighted by molar-refractivity contribution is -0.252. The van der Waals surface area contributed by atoms with Gasteiger partial charge in [0.1, 0.15) is 30.1 Å². The molecule has 0 unspecified atom stereocenters. The van der Waals surface area contributed by atoms with Gasteiger partial charge in [-0.05, 0) is 18.2 Å². The van der Waals surface area contributed by atoms with Gasteiger partial charge in [0.15, 0.2) is 6.29 Å². The second-order valence-corrected chi connectivity index (χ2v) is 5.18. The number of nitrogens with two attached hydrogens (primary N) is 1. The number of nitrogen functional groups attached to an aromatic ring is 1. The van der Waals surface area contributed by atoms with Gasteiger partial charge in [0.2, 0.25) is 0 Å². The van der Waals surface area contributed by atoms with E-state index in [1.807, 2.05) is 0 Å². The molecular formula is C14H20N2O7. The van der Waals surface area contributed by atoms with Crippen LogP contribution in [0.3, 0.4) is 0 Å². The number of methoxy groups -OCH3 is 1. The highest BCUT2D eigenvalue weighted by Gasteiger charge is 2.44. The van der Waals surface area contributed by atoms with Crippen LogP contribution in [0.15, 0.2) is 18.2 Å². The lowest BCUT2D eigenvalue weighted by atomic mass is 9.96. The number of aliphatic hydroxyl groups is 4. The molecule has 1 heterocycles. The lowest BCUT2D eigenvalue weighted by Crippen LogP contribution is -2.64. The molecule has 0 aromatic heterocycles. The second-order valence-electron chi connectivity index (χ2n) is 5.18. The molecule has 1 aliphatic heterocycles. The van der Waals surface area contributed by atoms with Gasteiger partial charge in [0.25, 0.3) is 5.91 Å². The first kappa shape index (κ1) is 17.4. The normalized spacial score (nSPS) is 30.7. The van der Waals surface area contributed by atoms with E-state index < -0.39 is 43.2 Å². The molecule has 0 bridgehead atoms. The van der Waals surface area contributed by atoms with Crippen molar-refractivity contribution in [2.45, 2.75) is 30.6 Å². The summed E-state index contributed by atoms with van der Waals surface area (Å²) < 4.78 is 9.99. The average Bonchev–Trinajstić information content (AvgIpc) is 2.55. The minimum absolute atomic E-state index is 0.189. The molecule has 1 aliphatic rings. The largest absolute Gasteiger partial charge is 0.495 e. The predicted octanol–water partition coefficient (Wildman–Crippen LogP) is -2.19. The summed E-state index contributed by atoms with van der Waals surface area (Å²) in [5.41, 5.74) is 6.21. The summed E-state index contributed by atoms with van der Waals surface area (Å²) >= 11 is 0. The second kappa shape index (κ2) is 7.11. The van der Waals surface area contributed by atoms with Crippen LogP contribution in [0.25, 0.3) is 0 Å². The van der Waals surface area contributed by atoms with Crippen molar-refractivity contribution in [1.82, 2.24) is 5.32 Å². The van der Waals surface area contributed by atoms with Gasteiger partial charge in [0.05, 0.1) is 19.4 Å². The summed E-state index contributed by atoms with van der Waals surface area (Å²) in [7, 11) is 1.40. The molecule has 0 saturated carbocycles. The van der Waals surface area contributed by atoms with Gasteiger partial charge in [-0.2, -0.15) is 0 Å². The number of hydrogen-bond acceptors (Lipinski definition) is 8. The predicted molar refractivity (Wildman–Crippen MR) is 78.6 cm³/mol. The van der Waals surface area contributed by atoms with Crippen LogP contribution in [-0.2, 0) is 4.74 Å². The molecule has 7 N–H and O–H groups in total. The minimum Gasteiger partial charge on any atom is -0.495 e. The average molecular weight is 328 g/mol. The maximum absolute atomic E-state index is 12.2. The van der Waals surface area contributed by atoms with Crippen molar-refractivity contribution < 1.29 is 34.7 Å². The van der Waals surface area contributed by atoms with E-state index in [0.717, 1.165) is 0 Å². The maximum Gasteiger partial charge on any atom is 0.251 e. The zero-order chi connectivity index (χ0) is 17.1. The zero-order valence-electron chi connectivity index (χ0n) is 12.4. The smallest absolute Gasteiger partial charge is 0.251 e. The topological polar surface area (TPSA) is 155 Å². The number of hydrogen-bond donors (Lipinski definition) is 6. The van der Waals surface area contributed by atoms with E-state index in [0.29, 0.717) is 11.4 Å². The number of rotatable bonds is 4. The molecule has 1 aromatic carbocycles. The Hall–Kier alpha value is -1.91. The van der Waals surface area contributed by atoms with Gasteiger partial charge in [-0.25, -0.2) is 0 Å². The SMILES string of the molecule is COc1cc(C(=O)N[C@@H]2[C@@H](O)[C@H](O)[C@@H](CO)O[C@@H]2O)ccc1N. The van der Waals surface area contributed by atoms with E-state index in [1.165, 1.54) is 25.3 Å². The Morgan fingerprint density at radius 3 is 2.65 bits per heavy atom. The molecule has 128 valence electrons. The zero-order valence-corrected chi connectivity index (χ0v) is 12.4. The van der Waals surface area contributed by atoms with Crippen LogP contribution >= 0.6 is 0 Å². The van der Waals surface area contributed by atoms with Crippen LogP contribution in [0.1, 0.15) is 10.4 Å². The summed E-state index contributed by atoms with van der Waals surface area (Å²) in [5.74, 6) is -0.316. The van der Waals surface area contributed by atoms with Crippen molar-refractivity contribution in [3.63, 3.8) is 0 Å². The first-order valence-corrected chi connectivity index (χ1v) is 6.94. The Labute approximate surface area is 132 Å². The summed E-state index contributed by atoms with van der Waals surface area (Å²) in [6, 6.07) is 3.07. The lowest BCUT2D eigenvalue weighted by Gasteiger charge is -2.40. The highest BCUT2D eigenvalue weighted by atomic mass is 16.6. The molecule has 1 amide bonds. The Balaban J connectivity index is 2.13. The van der Waals surface area contributed by atoms with Crippen LogP contribution in [-0.4, -0.2) is 70.7 Å². The number of carbonyl (C=O) groups is 1. The van der Waals surface area contributed by atoms with E-state index in [1.54, 1.807) is 0 Å². The van der Waals surface area contributed by atoms with E-state index in [4.69, 9.17) is 20.3 Å². The molecular weight excluding hydrogens is 308 g/mol. The molecule has 2 rings (SSSR count). The molecule has 0 spiro atoms. The highest BCUT2D eigenvalue weighted by molar-refractivity contribution is 5.95. The number of ether oxygens (including phenoxy) is 2. The molecule has 1 saturated heterocycles. The number of anilines is 1. The quantitative estimate of drug-likeness (QED) is 0.341. The van der Waals surface area contributed by atoms with Gasteiger partial charge in [-0.15, -0.1) is 0 Å². The first-order chi connectivity index (χ1) is 10.9. The number of amides is 1. The molecule has 5 atom stereocenters. The molecule has 9 heteroatoms. The number of benzene rings is 1. The fourth-order valence-corrected chi connectivity index (χ4v) is 2.34. The van der Waals surface area contributed by atoms with Crippen molar-refractivity contribution in [3.05, 3.63) is 23.8 Å². The monoisotopic (exact) mass is 328 g/mol. The molecule has 9 nitrogen and oxygen atoms in total. The first-order valence-electron chi connectivity index (χ1n) is 6.94. The molecule has 1 aromatic rings. The van der Waals surface area contributed by atoms with Crippen molar-refractivity contribution in [3.8, 4) is 5.75 Å². The van der Waals surface area contributed by atoms with Crippen molar-refractivity contribution in [2.75, 3.05) is 19.5 Å². The fraction of sp³-hybridized carbons (Fsp3) is 0.500. The van der Waals surface area contributed by atoms with Gasteiger partial charge < -0.3 is 41.0 Å². The summed E-state index contributed by atoms with van der Waals surface area (Å²) in [6.07, 6.45) is -5.67. The summed E-state index contributed by atoms with van der Waals surface area (Å²) in [6.45, 7) is -0.578. The van der Waals surface area contributed by atoms with Crippen LogP contribution in [0.4, 0.5) is 5.69 Å². The van der Waals surface area contributed by atoms with E-state index in [9.17, 15) is 20.1 Å². The molecule has 0 radical (unpaired) electrons.